The molecule has 8 nitrogen and oxygen atoms in total. The summed E-state index contributed by atoms with van der Waals surface area (Å²) in [6.45, 7) is 2.30. The Labute approximate surface area is 140 Å². The molecule has 2 aromatic heterocycles. The van der Waals surface area contributed by atoms with Crippen molar-refractivity contribution in [2.45, 2.75) is 13.5 Å². The van der Waals surface area contributed by atoms with Crippen molar-refractivity contribution >= 4 is 22.9 Å². The average molecular weight is 343 g/mol. The normalized spacial score (nSPS) is 10.5. The van der Waals surface area contributed by atoms with Crippen molar-refractivity contribution in [2.24, 2.45) is 0 Å². The highest BCUT2D eigenvalue weighted by Crippen LogP contribution is 2.15. The van der Waals surface area contributed by atoms with Crippen molar-refractivity contribution in [3.8, 4) is 5.69 Å². The van der Waals surface area contributed by atoms with E-state index in [9.17, 15) is 14.9 Å². The Morgan fingerprint density at radius 3 is 2.71 bits per heavy atom. The molecule has 0 saturated carbocycles. The number of nitro groups is 1. The molecule has 0 spiro atoms. The first kappa shape index (κ1) is 15.8. The van der Waals surface area contributed by atoms with Gasteiger partial charge in [-0.1, -0.05) is 0 Å². The van der Waals surface area contributed by atoms with E-state index in [0.717, 1.165) is 9.88 Å². The molecule has 3 aromatic rings. The van der Waals surface area contributed by atoms with Crippen LogP contribution in [0.1, 0.15) is 20.4 Å². The van der Waals surface area contributed by atoms with E-state index in [1.807, 2.05) is 6.92 Å². The van der Waals surface area contributed by atoms with Crippen LogP contribution in [0.25, 0.3) is 5.69 Å². The number of thiazole rings is 1. The third-order valence-electron chi connectivity index (χ3n) is 3.24. The number of carbonyl (C=O) groups is 1. The molecule has 0 saturated heterocycles. The molecule has 1 N–H and O–H groups in total. The van der Waals surface area contributed by atoms with Crippen molar-refractivity contribution in [2.75, 3.05) is 0 Å². The lowest BCUT2D eigenvalue weighted by atomic mass is 10.3. The van der Waals surface area contributed by atoms with Gasteiger partial charge in [0.25, 0.3) is 11.6 Å². The summed E-state index contributed by atoms with van der Waals surface area (Å²) in [6, 6.07) is 7.53. The van der Waals surface area contributed by atoms with Crippen LogP contribution in [0.15, 0.2) is 42.7 Å². The van der Waals surface area contributed by atoms with Gasteiger partial charge in [0, 0.05) is 29.4 Å². The number of aryl methyl sites for hydroxylation is 1. The van der Waals surface area contributed by atoms with E-state index in [4.69, 9.17) is 0 Å². The lowest BCUT2D eigenvalue weighted by Gasteiger charge is -2.02. The van der Waals surface area contributed by atoms with Gasteiger partial charge in [0.2, 0.25) is 0 Å². The Hall–Kier alpha value is -3.07. The Morgan fingerprint density at radius 1 is 1.33 bits per heavy atom. The quantitative estimate of drug-likeness (QED) is 0.566. The summed E-state index contributed by atoms with van der Waals surface area (Å²) in [5.41, 5.74) is 0.913. The number of nitrogens with zero attached hydrogens (tertiary/aromatic N) is 4. The second-order valence-corrected chi connectivity index (χ2v) is 6.27. The van der Waals surface area contributed by atoms with Crippen molar-refractivity contribution in [3.63, 3.8) is 0 Å². The fraction of sp³-hybridized carbons (Fsp3) is 0.133. The molecule has 24 heavy (non-hydrogen) atoms. The largest absolute Gasteiger partial charge is 0.346 e. The number of aromatic nitrogens is 3. The van der Waals surface area contributed by atoms with Crippen LogP contribution in [0, 0.1) is 17.0 Å². The van der Waals surface area contributed by atoms with Crippen LogP contribution in [-0.4, -0.2) is 25.6 Å². The second-order valence-electron chi connectivity index (χ2n) is 4.95. The molecule has 0 bridgehead atoms. The van der Waals surface area contributed by atoms with Gasteiger partial charge in [0.15, 0.2) is 5.69 Å². The number of rotatable bonds is 5. The fourth-order valence-corrected chi connectivity index (χ4v) is 2.80. The molecule has 1 amide bonds. The van der Waals surface area contributed by atoms with E-state index in [1.165, 1.54) is 28.2 Å². The number of carbonyl (C=O) groups excluding carboxylic acids is 1. The molecule has 0 aliphatic rings. The number of nitro benzene ring substituents is 1. The van der Waals surface area contributed by atoms with E-state index < -0.39 is 4.92 Å². The van der Waals surface area contributed by atoms with Crippen LogP contribution in [-0.2, 0) is 6.54 Å². The standard InChI is InChI=1S/C15H13N5O3S/c1-10-16-8-13(24-10)9-17-15(21)14-6-7-19(18-14)11-2-4-12(5-3-11)20(22)23/h2-8H,9H2,1H3,(H,17,21). The van der Waals surface area contributed by atoms with Crippen LogP contribution in [0.4, 0.5) is 5.69 Å². The van der Waals surface area contributed by atoms with Gasteiger partial charge in [-0.2, -0.15) is 5.10 Å². The SMILES string of the molecule is Cc1ncc(CNC(=O)c2ccn(-c3ccc([N+](=O)[O-])cc3)n2)s1. The monoisotopic (exact) mass is 343 g/mol. The van der Waals surface area contributed by atoms with Crippen molar-refractivity contribution in [3.05, 3.63) is 68.4 Å². The predicted octanol–water partition coefficient (Wildman–Crippen LogP) is 2.48. The summed E-state index contributed by atoms with van der Waals surface area (Å²) < 4.78 is 1.50. The van der Waals surface area contributed by atoms with Gasteiger partial charge in [-0.3, -0.25) is 14.9 Å². The molecule has 0 unspecified atom stereocenters. The maximum absolute atomic E-state index is 12.1. The lowest BCUT2D eigenvalue weighted by molar-refractivity contribution is -0.384. The molecule has 0 fully saturated rings. The molecule has 0 radical (unpaired) electrons. The molecule has 3 rings (SSSR count). The maximum Gasteiger partial charge on any atom is 0.272 e. The van der Waals surface area contributed by atoms with Gasteiger partial charge in [-0.05, 0) is 25.1 Å². The van der Waals surface area contributed by atoms with E-state index in [1.54, 1.807) is 30.6 Å². The molecule has 122 valence electrons. The van der Waals surface area contributed by atoms with E-state index >= 15 is 0 Å². The third-order valence-corrected chi connectivity index (χ3v) is 4.15. The van der Waals surface area contributed by atoms with Crippen LogP contribution in [0.3, 0.4) is 0 Å². The Balaban J connectivity index is 1.68. The first-order valence-electron chi connectivity index (χ1n) is 7.03. The van der Waals surface area contributed by atoms with Crippen LogP contribution in [0.2, 0.25) is 0 Å². The number of nitrogens with one attached hydrogen (secondary N) is 1. The van der Waals surface area contributed by atoms with Crippen molar-refractivity contribution in [1.82, 2.24) is 20.1 Å². The summed E-state index contributed by atoms with van der Waals surface area (Å²) in [4.78, 5) is 27.4. The topological polar surface area (TPSA) is 103 Å². The summed E-state index contributed by atoms with van der Waals surface area (Å²) in [7, 11) is 0. The van der Waals surface area contributed by atoms with Crippen LogP contribution >= 0.6 is 11.3 Å². The minimum atomic E-state index is -0.465. The van der Waals surface area contributed by atoms with Crippen molar-refractivity contribution in [1.29, 1.82) is 0 Å². The average Bonchev–Trinajstić information content (AvgIpc) is 3.22. The zero-order valence-corrected chi connectivity index (χ0v) is 13.5. The predicted molar refractivity (Wildman–Crippen MR) is 88.2 cm³/mol. The number of benzene rings is 1. The molecule has 2 heterocycles. The van der Waals surface area contributed by atoms with E-state index in [2.05, 4.69) is 15.4 Å². The van der Waals surface area contributed by atoms with Gasteiger partial charge < -0.3 is 5.32 Å². The molecule has 0 atom stereocenters. The van der Waals surface area contributed by atoms with Gasteiger partial charge in [-0.15, -0.1) is 11.3 Å². The summed E-state index contributed by atoms with van der Waals surface area (Å²) >= 11 is 1.52. The van der Waals surface area contributed by atoms with E-state index in [0.29, 0.717) is 12.2 Å². The molecule has 1 aromatic carbocycles. The fourth-order valence-electron chi connectivity index (χ4n) is 2.06. The minimum Gasteiger partial charge on any atom is -0.346 e. The smallest absolute Gasteiger partial charge is 0.272 e. The first-order chi connectivity index (χ1) is 11.5. The van der Waals surface area contributed by atoms with Gasteiger partial charge in [0.1, 0.15) is 0 Å². The summed E-state index contributed by atoms with van der Waals surface area (Å²) in [5.74, 6) is -0.290. The minimum absolute atomic E-state index is 0.00345. The lowest BCUT2D eigenvalue weighted by Crippen LogP contribution is -2.23. The Bertz CT molecular complexity index is 885. The molecular weight excluding hydrogens is 330 g/mol. The van der Waals surface area contributed by atoms with Crippen molar-refractivity contribution < 1.29 is 9.72 Å². The van der Waals surface area contributed by atoms with Crippen LogP contribution < -0.4 is 5.32 Å². The summed E-state index contributed by atoms with van der Waals surface area (Å²) in [5, 5.41) is 18.6. The highest BCUT2D eigenvalue weighted by molar-refractivity contribution is 7.11. The van der Waals surface area contributed by atoms with Crippen LogP contribution in [0.5, 0.6) is 0 Å². The Morgan fingerprint density at radius 2 is 2.08 bits per heavy atom. The zero-order chi connectivity index (χ0) is 17.1. The van der Waals surface area contributed by atoms with Gasteiger partial charge in [0.05, 0.1) is 22.2 Å². The summed E-state index contributed by atoms with van der Waals surface area (Å²) in [6.07, 6.45) is 3.36. The first-order valence-corrected chi connectivity index (χ1v) is 7.84. The molecule has 0 aliphatic heterocycles. The second kappa shape index (κ2) is 6.59. The number of non-ortho nitro benzene ring substituents is 1. The highest BCUT2D eigenvalue weighted by atomic mass is 32.1. The Kier molecular flexibility index (Phi) is 4.34. The molecule has 9 heteroatoms. The third kappa shape index (κ3) is 3.46. The van der Waals surface area contributed by atoms with Gasteiger partial charge in [-0.25, -0.2) is 9.67 Å². The molecule has 0 aliphatic carbocycles. The van der Waals surface area contributed by atoms with E-state index in [-0.39, 0.29) is 17.3 Å². The molecular formula is C15H13N5O3S. The van der Waals surface area contributed by atoms with Gasteiger partial charge >= 0.3 is 0 Å². The number of amides is 1. The maximum atomic E-state index is 12.1. The number of hydrogen-bond donors (Lipinski definition) is 1. The number of hydrogen-bond acceptors (Lipinski definition) is 6. The zero-order valence-electron chi connectivity index (χ0n) is 12.7. The highest BCUT2D eigenvalue weighted by Gasteiger charge is 2.11.